The molecule has 2 heterocycles. The number of aromatic nitrogens is 3. The van der Waals surface area contributed by atoms with E-state index in [2.05, 4.69) is 50.3 Å². The van der Waals surface area contributed by atoms with Crippen LogP contribution in [0.3, 0.4) is 0 Å². The molecular formula is C25H19ClN4. The number of benzene rings is 3. The molecule has 0 bridgehead atoms. The standard InChI is InChI=1S/C25H19ClN4/c26-20-12-7-13-21(14-20)30-16-22(19-10-5-2-6-11-19)23-24(28-17-29-25(23)30)27-15-18-8-3-1-4-9-18/h1-14,16-17H,15H2,(H,27,28,29). The van der Waals surface area contributed by atoms with Crippen molar-refractivity contribution in [2.75, 3.05) is 5.32 Å². The highest BCUT2D eigenvalue weighted by molar-refractivity contribution is 6.30. The molecule has 146 valence electrons. The number of nitrogens with one attached hydrogen (secondary N) is 1. The Hall–Kier alpha value is -3.63. The summed E-state index contributed by atoms with van der Waals surface area (Å²) in [5.41, 5.74) is 5.17. The van der Waals surface area contributed by atoms with Crippen LogP contribution < -0.4 is 5.32 Å². The molecule has 0 amide bonds. The SMILES string of the molecule is Clc1cccc(-n2cc(-c3ccccc3)c3c(NCc4ccccc4)ncnc32)c1. The average molecular weight is 411 g/mol. The Bertz CT molecular complexity index is 1300. The fourth-order valence-electron chi connectivity index (χ4n) is 3.64. The van der Waals surface area contributed by atoms with Gasteiger partial charge in [0.2, 0.25) is 0 Å². The van der Waals surface area contributed by atoms with E-state index < -0.39 is 0 Å². The summed E-state index contributed by atoms with van der Waals surface area (Å²) in [5, 5.41) is 5.17. The van der Waals surface area contributed by atoms with E-state index in [0.717, 1.165) is 33.7 Å². The van der Waals surface area contributed by atoms with Gasteiger partial charge < -0.3 is 9.88 Å². The fraction of sp³-hybridized carbons (Fsp3) is 0.0400. The summed E-state index contributed by atoms with van der Waals surface area (Å²) >= 11 is 6.26. The third-order valence-corrected chi connectivity index (χ3v) is 5.29. The van der Waals surface area contributed by atoms with Crippen molar-refractivity contribution in [1.29, 1.82) is 0 Å². The molecule has 0 aliphatic rings. The Morgan fingerprint density at radius 1 is 0.833 bits per heavy atom. The highest BCUT2D eigenvalue weighted by atomic mass is 35.5. The molecule has 0 unspecified atom stereocenters. The number of hydrogen-bond acceptors (Lipinski definition) is 3. The molecule has 5 heteroatoms. The van der Waals surface area contributed by atoms with Gasteiger partial charge in [0.1, 0.15) is 12.1 Å². The predicted octanol–water partition coefficient (Wildman–Crippen LogP) is 6.35. The lowest BCUT2D eigenvalue weighted by molar-refractivity contribution is 1.06. The van der Waals surface area contributed by atoms with Crippen molar-refractivity contribution in [3.63, 3.8) is 0 Å². The summed E-state index contributed by atoms with van der Waals surface area (Å²) in [6.45, 7) is 0.684. The van der Waals surface area contributed by atoms with Crippen molar-refractivity contribution < 1.29 is 0 Å². The highest BCUT2D eigenvalue weighted by Crippen LogP contribution is 2.35. The Kier molecular flexibility index (Phi) is 4.91. The monoisotopic (exact) mass is 410 g/mol. The minimum absolute atomic E-state index is 0.684. The van der Waals surface area contributed by atoms with Gasteiger partial charge in [-0.15, -0.1) is 0 Å². The minimum atomic E-state index is 0.684. The van der Waals surface area contributed by atoms with Crippen LogP contribution >= 0.6 is 11.6 Å². The highest BCUT2D eigenvalue weighted by Gasteiger charge is 2.17. The molecule has 2 aromatic heterocycles. The van der Waals surface area contributed by atoms with E-state index in [1.165, 1.54) is 5.56 Å². The van der Waals surface area contributed by atoms with Crippen LogP contribution in [-0.4, -0.2) is 14.5 Å². The zero-order valence-corrected chi connectivity index (χ0v) is 16.9. The summed E-state index contributed by atoms with van der Waals surface area (Å²) < 4.78 is 2.07. The molecule has 0 fully saturated rings. The minimum Gasteiger partial charge on any atom is -0.365 e. The Labute approximate surface area is 179 Å². The number of hydrogen-bond donors (Lipinski definition) is 1. The van der Waals surface area contributed by atoms with Crippen molar-refractivity contribution in [2.24, 2.45) is 0 Å². The second-order valence-electron chi connectivity index (χ2n) is 7.02. The fourth-order valence-corrected chi connectivity index (χ4v) is 3.82. The molecule has 4 nitrogen and oxygen atoms in total. The van der Waals surface area contributed by atoms with Gasteiger partial charge in [-0.05, 0) is 29.3 Å². The van der Waals surface area contributed by atoms with Crippen molar-refractivity contribution in [1.82, 2.24) is 14.5 Å². The summed E-state index contributed by atoms with van der Waals surface area (Å²) in [6, 6.07) is 28.4. The van der Waals surface area contributed by atoms with Crippen molar-refractivity contribution >= 4 is 28.5 Å². The van der Waals surface area contributed by atoms with Gasteiger partial charge in [-0.3, -0.25) is 0 Å². The van der Waals surface area contributed by atoms with Gasteiger partial charge >= 0.3 is 0 Å². The molecule has 0 saturated heterocycles. The molecular weight excluding hydrogens is 392 g/mol. The summed E-state index contributed by atoms with van der Waals surface area (Å²) in [4.78, 5) is 9.19. The van der Waals surface area contributed by atoms with Gasteiger partial charge in [0, 0.05) is 29.0 Å². The normalized spacial score (nSPS) is 11.0. The van der Waals surface area contributed by atoms with E-state index in [9.17, 15) is 0 Å². The van der Waals surface area contributed by atoms with Gasteiger partial charge in [0.25, 0.3) is 0 Å². The first-order valence-corrected chi connectivity index (χ1v) is 10.1. The zero-order valence-electron chi connectivity index (χ0n) is 16.2. The van der Waals surface area contributed by atoms with Crippen LogP contribution in [0, 0.1) is 0 Å². The Balaban J connectivity index is 1.68. The average Bonchev–Trinajstić information content (AvgIpc) is 3.19. The van der Waals surface area contributed by atoms with Gasteiger partial charge in [0.05, 0.1) is 5.39 Å². The first-order valence-electron chi connectivity index (χ1n) is 9.75. The van der Waals surface area contributed by atoms with Gasteiger partial charge in [-0.25, -0.2) is 9.97 Å². The van der Waals surface area contributed by atoms with Crippen LogP contribution in [0.4, 0.5) is 5.82 Å². The molecule has 5 rings (SSSR count). The van der Waals surface area contributed by atoms with Gasteiger partial charge in [-0.1, -0.05) is 78.3 Å². The topological polar surface area (TPSA) is 42.7 Å². The molecule has 1 N–H and O–H groups in total. The number of rotatable bonds is 5. The second kappa shape index (κ2) is 8.01. The molecule has 0 saturated carbocycles. The third kappa shape index (κ3) is 3.53. The van der Waals surface area contributed by atoms with E-state index in [4.69, 9.17) is 11.6 Å². The number of halogens is 1. The van der Waals surface area contributed by atoms with E-state index in [1.54, 1.807) is 6.33 Å². The molecule has 0 spiro atoms. The van der Waals surface area contributed by atoms with Crippen LogP contribution in [0.25, 0.3) is 27.8 Å². The van der Waals surface area contributed by atoms with Crippen LogP contribution in [0.2, 0.25) is 5.02 Å². The van der Waals surface area contributed by atoms with E-state index in [0.29, 0.717) is 11.6 Å². The van der Waals surface area contributed by atoms with E-state index in [1.807, 2.05) is 60.7 Å². The summed E-state index contributed by atoms with van der Waals surface area (Å²) in [6.07, 6.45) is 3.71. The number of anilines is 1. The van der Waals surface area contributed by atoms with Crippen LogP contribution in [0.15, 0.2) is 97.5 Å². The van der Waals surface area contributed by atoms with Crippen molar-refractivity contribution in [3.05, 3.63) is 108 Å². The predicted molar refractivity (Wildman–Crippen MR) is 123 cm³/mol. The molecule has 30 heavy (non-hydrogen) atoms. The Morgan fingerprint density at radius 2 is 1.60 bits per heavy atom. The molecule has 3 aromatic carbocycles. The van der Waals surface area contributed by atoms with Crippen LogP contribution in [0.1, 0.15) is 5.56 Å². The number of fused-ring (bicyclic) bond motifs is 1. The first kappa shape index (κ1) is 18.4. The smallest absolute Gasteiger partial charge is 0.150 e. The van der Waals surface area contributed by atoms with Gasteiger partial charge in [0.15, 0.2) is 5.65 Å². The first-order chi connectivity index (χ1) is 14.8. The quantitative estimate of drug-likeness (QED) is 0.367. The molecule has 0 aliphatic heterocycles. The lowest BCUT2D eigenvalue weighted by atomic mass is 10.1. The Morgan fingerprint density at radius 3 is 2.37 bits per heavy atom. The third-order valence-electron chi connectivity index (χ3n) is 5.06. The van der Waals surface area contributed by atoms with Crippen LogP contribution in [-0.2, 0) is 6.54 Å². The lowest BCUT2D eigenvalue weighted by Gasteiger charge is -2.09. The van der Waals surface area contributed by atoms with Gasteiger partial charge in [-0.2, -0.15) is 0 Å². The lowest BCUT2D eigenvalue weighted by Crippen LogP contribution is -2.03. The summed E-state index contributed by atoms with van der Waals surface area (Å²) in [5.74, 6) is 0.809. The largest absolute Gasteiger partial charge is 0.365 e. The van der Waals surface area contributed by atoms with E-state index in [-0.39, 0.29) is 0 Å². The van der Waals surface area contributed by atoms with Crippen molar-refractivity contribution in [3.8, 4) is 16.8 Å². The molecule has 0 aliphatic carbocycles. The van der Waals surface area contributed by atoms with E-state index >= 15 is 0 Å². The van der Waals surface area contributed by atoms with Crippen LogP contribution in [0.5, 0.6) is 0 Å². The maximum absolute atomic E-state index is 6.26. The molecule has 5 aromatic rings. The van der Waals surface area contributed by atoms with Crippen molar-refractivity contribution in [2.45, 2.75) is 6.54 Å². The zero-order chi connectivity index (χ0) is 20.3. The molecule has 0 atom stereocenters. The maximum atomic E-state index is 6.26. The molecule has 0 radical (unpaired) electrons. The second-order valence-corrected chi connectivity index (χ2v) is 7.46. The maximum Gasteiger partial charge on any atom is 0.150 e. The summed E-state index contributed by atoms with van der Waals surface area (Å²) in [7, 11) is 0. The number of nitrogens with zero attached hydrogens (tertiary/aromatic N) is 3.